The summed E-state index contributed by atoms with van der Waals surface area (Å²) in [5.41, 5.74) is -0.557. The molecule has 7 nitrogen and oxygen atoms in total. The van der Waals surface area contributed by atoms with Crippen molar-refractivity contribution in [2.24, 2.45) is 10.9 Å². The molecule has 0 spiro atoms. The van der Waals surface area contributed by atoms with Gasteiger partial charge in [0.2, 0.25) is 10.0 Å². The zero-order valence-corrected chi connectivity index (χ0v) is 16.3. The number of hydrogen-bond donors (Lipinski definition) is 2. The lowest BCUT2D eigenvalue weighted by Gasteiger charge is -2.29. The standard InChI is InChI=1S/C16H33N5O2S/c1-16(2,19-24(4,22)23)13-18-15(17-3)21-10-7-14(12-21)11-20-8-5-6-9-20/h14,19H,5-13H2,1-4H3,(H,17,18). The summed E-state index contributed by atoms with van der Waals surface area (Å²) in [5.74, 6) is 1.56. The molecule has 2 rings (SSSR count). The van der Waals surface area contributed by atoms with Gasteiger partial charge in [-0.1, -0.05) is 0 Å². The second kappa shape index (κ2) is 8.01. The van der Waals surface area contributed by atoms with E-state index >= 15 is 0 Å². The van der Waals surface area contributed by atoms with Gasteiger partial charge in [-0.3, -0.25) is 4.99 Å². The highest BCUT2D eigenvalue weighted by Gasteiger charge is 2.29. The number of guanidine groups is 1. The molecule has 8 heteroatoms. The van der Waals surface area contributed by atoms with Crippen molar-refractivity contribution in [2.45, 2.75) is 38.6 Å². The van der Waals surface area contributed by atoms with Crippen molar-refractivity contribution in [1.82, 2.24) is 19.8 Å². The van der Waals surface area contributed by atoms with Gasteiger partial charge in [-0.05, 0) is 52.1 Å². The molecule has 0 aromatic heterocycles. The van der Waals surface area contributed by atoms with E-state index in [-0.39, 0.29) is 0 Å². The summed E-state index contributed by atoms with van der Waals surface area (Å²) >= 11 is 0. The molecule has 0 radical (unpaired) electrons. The monoisotopic (exact) mass is 359 g/mol. The molecule has 0 amide bonds. The van der Waals surface area contributed by atoms with E-state index < -0.39 is 15.6 Å². The minimum absolute atomic E-state index is 0.500. The van der Waals surface area contributed by atoms with Gasteiger partial charge in [0, 0.05) is 38.8 Å². The number of rotatable bonds is 6. The summed E-state index contributed by atoms with van der Waals surface area (Å²) < 4.78 is 25.5. The van der Waals surface area contributed by atoms with Crippen molar-refractivity contribution < 1.29 is 8.42 Å². The fraction of sp³-hybridized carbons (Fsp3) is 0.938. The van der Waals surface area contributed by atoms with E-state index in [1.54, 1.807) is 7.05 Å². The van der Waals surface area contributed by atoms with Gasteiger partial charge in [0.15, 0.2) is 5.96 Å². The second-order valence-electron chi connectivity index (χ2n) is 7.77. The lowest BCUT2D eigenvalue weighted by Crippen LogP contribution is -2.53. The maximum atomic E-state index is 11.4. The Morgan fingerprint density at radius 3 is 2.50 bits per heavy atom. The first-order valence-corrected chi connectivity index (χ1v) is 10.7. The first kappa shape index (κ1) is 19.5. The second-order valence-corrected chi connectivity index (χ2v) is 9.52. The average Bonchev–Trinajstić information content (AvgIpc) is 3.09. The molecule has 1 atom stereocenters. The summed E-state index contributed by atoms with van der Waals surface area (Å²) in [4.78, 5) is 9.24. The molecule has 2 fully saturated rings. The molecule has 2 aliphatic rings. The maximum Gasteiger partial charge on any atom is 0.209 e. The number of aliphatic imine (C=N–C) groups is 1. The summed E-state index contributed by atoms with van der Waals surface area (Å²) in [7, 11) is -1.44. The van der Waals surface area contributed by atoms with Crippen LogP contribution in [0.3, 0.4) is 0 Å². The van der Waals surface area contributed by atoms with Crippen LogP contribution in [-0.4, -0.2) is 82.3 Å². The van der Waals surface area contributed by atoms with Gasteiger partial charge in [-0.15, -0.1) is 0 Å². The van der Waals surface area contributed by atoms with Crippen molar-refractivity contribution in [3.8, 4) is 0 Å². The topological polar surface area (TPSA) is 77.0 Å². The SMILES string of the molecule is CN=C(NCC(C)(C)NS(C)(=O)=O)N1CCC(CN2CCCC2)C1. The van der Waals surface area contributed by atoms with Crippen molar-refractivity contribution >= 4 is 16.0 Å². The molecule has 2 heterocycles. The Morgan fingerprint density at radius 1 is 1.25 bits per heavy atom. The summed E-state index contributed by atoms with van der Waals surface area (Å²) in [5, 5.41) is 3.32. The van der Waals surface area contributed by atoms with Crippen LogP contribution in [0.15, 0.2) is 4.99 Å². The van der Waals surface area contributed by atoms with Gasteiger partial charge >= 0.3 is 0 Å². The molecule has 24 heavy (non-hydrogen) atoms. The number of sulfonamides is 1. The Labute approximate surface area is 146 Å². The van der Waals surface area contributed by atoms with Crippen molar-refractivity contribution in [1.29, 1.82) is 0 Å². The third kappa shape index (κ3) is 6.22. The Morgan fingerprint density at radius 2 is 1.92 bits per heavy atom. The van der Waals surface area contributed by atoms with E-state index in [1.807, 2.05) is 13.8 Å². The molecule has 0 bridgehead atoms. The molecule has 0 aliphatic carbocycles. The lowest BCUT2D eigenvalue weighted by atomic mass is 10.1. The van der Waals surface area contributed by atoms with Gasteiger partial charge in [-0.2, -0.15) is 0 Å². The van der Waals surface area contributed by atoms with E-state index in [0.717, 1.165) is 19.0 Å². The number of hydrogen-bond acceptors (Lipinski definition) is 4. The Balaban J connectivity index is 1.81. The van der Waals surface area contributed by atoms with E-state index in [4.69, 9.17) is 0 Å². The third-order valence-corrected chi connectivity index (χ3v) is 5.59. The molecule has 2 saturated heterocycles. The molecule has 140 valence electrons. The quantitative estimate of drug-likeness (QED) is 0.527. The first-order valence-electron chi connectivity index (χ1n) is 8.85. The van der Waals surface area contributed by atoms with Crippen LogP contribution >= 0.6 is 0 Å². The van der Waals surface area contributed by atoms with Gasteiger partial charge in [0.05, 0.1) is 6.26 Å². The Kier molecular flexibility index (Phi) is 6.50. The molecular weight excluding hydrogens is 326 g/mol. The Bertz CT molecular complexity index is 541. The third-order valence-electron chi connectivity index (χ3n) is 4.66. The molecular formula is C16H33N5O2S. The number of nitrogens with zero attached hydrogens (tertiary/aromatic N) is 3. The summed E-state index contributed by atoms with van der Waals surface area (Å²) in [6.45, 7) is 9.95. The first-order chi connectivity index (χ1) is 11.2. The minimum atomic E-state index is -3.23. The van der Waals surface area contributed by atoms with Gasteiger partial charge in [-0.25, -0.2) is 13.1 Å². The predicted molar refractivity (Wildman–Crippen MR) is 98.8 cm³/mol. The van der Waals surface area contributed by atoms with Crippen molar-refractivity contribution in [3.05, 3.63) is 0 Å². The summed E-state index contributed by atoms with van der Waals surface area (Å²) in [6, 6.07) is 0. The minimum Gasteiger partial charge on any atom is -0.354 e. The van der Waals surface area contributed by atoms with Gasteiger partial charge in [0.1, 0.15) is 0 Å². The number of nitrogens with one attached hydrogen (secondary N) is 2. The summed E-state index contributed by atoms with van der Waals surface area (Å²) in [6.07, 6.45) is 5.05. The van der Waals surface area contributed by atoms with Crippen LogP contribution in [0.4, 0.5) is 0 Å². The highest BCUT2D eigenvalue weighted by atomic mass is 32.2. The molecule has 2 aliphatic heterocycles. The van der Waals surface area contributed by atoms with Crippen LogP contribution in [-0.2, 0) is 10.0 Å². The van der Waals surface area contributed by atoms with Crippen LogP contribution in [0.1, 0.15) is 33.1 Å². The zero-order valence-electron chi connectivity index (χ0n) is 15.5. The molecule has 1 unspecified atom stereocenters. The Hall–Kier alpha value is -0.860. The smallest absolute Gasteiger partial charge is 0.209 e. The molecule has 0 aromatic carbocycles. The van der Waals surface area contributed by atoms with Crippen molar-refractivity contribution in [3.63, 3.8) is 0 Å². The van der Waals surface area contributed by atoms with Crippen LogP contribution in [0.5, 0.6) is 0 Å². The average molecular weight is 360 g/mol. The van der Waals surface area contributed by atoms with Crippen LogP contribution in [0.25, 0.3) is 0 Å². The highest BCUT2D eigenvalue weighted by Crippen LogP contribution is 2.20. The van der Waals surface area contributed by atoms with Gasteiger partial charge in [0.25, 0.3) is 0 Å². The van der Waals surface area contributed by atoms with Crippen LogP contribution in [0.2, 0.25) is 0 Å². The van der Waals surface area contributed by atoms with Crippen molar-refractivity contribution in [2.75, 3.05) is 52.6 Å². The van der Waals surface area contributed by atoms with E-state index in [1.165, 1.54) is 45.2 Å². The highest BCUT2D eigenvalue weighted by molar-refractivity contribution is 7.88. The van der Waals surface area contributed by atoms with E-state index in [0.29, 0.717) is 12.5 Å². The molecule has 0 saturated carbocycles. The van der Waals surface area contributed by atoms with E-state index in [9.17, 15) is 8.42 Å². The zero-order chi connectivity index (χ0) is 17.8. The number of likely N-dealkylation sites (tertiary alicyclic amines) is 2. The van der Waals surface area contributed by atoms with E-state index in [2.05, 4.69) is 24.8 Å². The normalized spacial score (nSPS) is 23.9. The fourth-order valence-corrected chi connectivity index (χ4v) is 4.75. The largest absolute Gasteiger partial charge is 0.354 e. The molecule has 0 aromatic rings. The lowest BCUT2D eigenvalue weighted by molar-refractivity contribution is 0.281. The maximum absolute atomic E-state index is 11.4. The molecule has 2 N–H and O–H groups in total. The van der Waals surface area contributed by atoms with Crippen LogP contribution in [0, 0.1) is 5.92 Å². The van der Waals surface area contributed by atoms with Gasteiger partial charge < -0.3 is 15.1 Å². The predicted octanol–water partition coefficient (Wildman–Crippen LogP) is 0.307. The fourth-order valence-electron chi connectivity index (χ4n) is 3.67. The van der Waals surface area contributed by atoms with Crippen LogP contribution < -0.4 is 10.0 Å².